The summed E-state index contributed by atoms with van der Waals surface area (Å²) in [5.41, 5.74) is 1.68. The molecule has 0 N–H and O–H groups in total. The SMILES string of the molecule is COc1cc(C(C)=O)c2nc3ccc(=O)cc-3oc2c1. The molecule has 0 saturated carbocycles. The van der Waals surface area contributed by atoms with Gasteiger partial charge in [0.25, 0.3) is 0 Å². The molecule has 0 spiro atoms. The highest BCUT2D eigenvalue weighted by atomic mass is 16.5. The number of ether oxygens (including phenoxy) is 1. The van der Waals surface area contributed by atoms with Crippen molar-refractivity contribution in [3.05, 3.63) is 46.1 Å². The first-order chi connectivity index (χ1) is 9.58. The average molecular weight is 269 g/mol. The fourth-order valence-electron chi connectivity index (χ4n) is 2.07. The zero-order valence-corrected chi connectivity index (χ0v) is 11.0. The Labute approximate surface area is 114 Å². The van der Waals surface area contributed by atoms with E-state index in [0.717, 1.165) is 0 Å². The van der Waals surface area contributed by atoms with Crippen LogP contribution < -0.4 is 10.2 Å². The van der Waals surface area contributed by atoms with Gasteiger partial charge in [-0.3, -0.25) is 9.59 Å². The molecule has 1 heterocycles. The number of benzene rings is 2. The maximum absolute atomic E-state index is 11.7. The number of aromatic nitrogens is 1. The third-order valence-corrected chi connectivity index (χ3v) is 3.05. The van der Waals surface area contributed by atoms with E-state index in [1.54, 1.807) is 18.2 Å². The van der Waals surface area contributed by atoms with Gasteiger partial charge in [-0.05, 0) is 25.1 Å². The van der Waals surface area contributed by atoms with Gasteiger partial charge in [-0.1, -0.05) is 0 Å². The predicted molar refractivity (Wildman–Crippen MR) is 73.5 cm³/mol. The highest BCUT2D eigenvalue weighted by Crippen LogP contribution is 2.29. The molecule has 5 nitrogen and oxygen atoms in total. The summed E-state index contributed by atoms with van der Waals surface area (Å²) in [5.74, 6) is 0.759. The van der Waals surface area contributed by atoms with Gasteiger partial charge in [0.2, 0.25) is 0 Å². The fraction of sp³-hybridized carbons (Fsp3) is 0.133. The van der Waals surface area contributed by atoms with E-state index in [1.165, 1.54) is 26.2 Å². The van der Waals surface area contributed by atoms with Crippen molar-refractivity contribution < 1.29 is 13.9 Å². The van der Waals surface area contributed by atoms with Gasteiger partial charge in [0.05, 0.1) is 12.7 Å². The molecule has 0 amide bonds. The lowest BCUT2D eigenvalue weighted by atomic mass is 10.1. The Morgan fingerprint density at radius 2 is 2.05 bits per heavy atom. The van der Waals surface area contributed by atoms with Gasteiger partial charge in [-0.2, -0.15) is 0 Å². The number of rotatable bonds is 2. The minimum absolute atomic E-state index is 0.128. The third-order valence-electron chi connectivity index (χ3n) is 3.05. The van der Waals surface area contributed by atoms with Crippen LogP contribution in [0.1, 0.15) is 17.3 Å². The van der Waals surface area contributed by atoms with Gasteiger partial charge >= 0.3 is 0 Å². The van der Waals surface area contributed by atoms with Gasteiger partial charge in [0.15, 0.2) is 22.6 Å². The van der Waals surface area contributed by atoms with Crippen molar-refractivity contribution in [3.63, 3.8) is 0 Å². The zero-order valence-electron chi connectivity index (χ0n) is 11.0. The Morgan fingerprint density at radius 3 is 2.75 bits per heavy atom. The molecule has 1 aromatic carbocycles. The number of nitrogens with zero attached hydrogens (tertiary/aromatic N) is 1. The molecule has 3 rings (SSSR count). The molecule has 1 aliphatic heterocycles. The molecule has 20 heavy (non-hydrogen) atoms. The molecule has 0 atom stereocenters. The number of carbonyl (C=O) groups excluding carboxylic acids is 1. The number of ketones is 1. The monoisotopic (exact) mass is 269 g/mol. The summed E-state index contributed by atoms with van der Waals surface area (Å²) in [4.78, 5) is 27.5. The first-order valence-electron chi connectivity index (χ1n) is 6.02. The van der Waals surface area contributed by atoms with Crippen LogP contribution in [0.4, 0.5) is 0 Å². The highest BCUT2D eigenvalue weighted by molar-refractivity contribution is 6.05. The Morgan fingerprint density at radius 1 is 1.25 bits per heavy atom. The molecule has 2 aliphatic rings. The van der Waals surface area contributed by atoms with Crippen LogP contribution in [0.25, 0.3) is 22.6 Å². The molecule has 100 valence electrons. The minimum atomic E-state index is -0.155. The summed E-state index contributed by atoms with van der Waals surface area (Å²) in [5, 5.41) is 0. The molecule has 5 heteroatoms. The van der Waals surface area contributed by atoms with Crippen LogP contribution in [0, 0.1) is 0 Å². The molecule has 0 radical (unpaired) electrons. The summed E-state index contributed by atoms with van der Waals surface area (Å²) in [6.45, 7) is 1.46. The van der Waals surface area contributed by atoms with Gasteiger partial charge in [0, 0.05) is 12.1 Å². The first kappa shape index (κ1) is 12.3. The predicted octanol–water partition coefficient (Wildman–Crippen LogP) is 2.50. The summed E-state index contributed by atoms with van der Waals surface area (Å²) in [7, 11) is 1.51. The van der Waals surface area contributed by atoms with Crippen LogP contribution in [-0.2, 0) is 0 Å². The van der Waals surface area contributed by atoms with Gasteiger partial charge < -0.3 is 9.15 Å². The number of methoxy groups -OCH3 is 1. The topological polar surface area (TPSA) is 69.4 Å². The lowest BCUT2D eigenvalue weighted by molar-refractivity contribution is 0.101. The Hall–Kier alpha value is -2.69. The Bertz CT molecular complexity index is 850. The number of hydrogen-bond donors (Lipinski definition) is 0. The summed E-state index contributed by atoms with van der Waals surface area (Å²) >= 11 is 0. The van der Waals surface area contributed by atoms with E-state index < -0.39 is 0 Å². The molecule has 1 aromatic rings. The largest absolute Gasteiger partial charge is 0.497 e. The Kier molecular flexibility index (Phi) is 2.75. The van der Waals surface area contributed by atoms with Crippen LogP contribution in [0.2, 0.25) is 0 Å². The van der Waals surface area contributed by atoms with Crippen molar-refractivity contribution in [1.29, 1.82) is 0 Å². The van der Waals surface area contributed by atoms with Crippen LogP contribution in [-0.4, -0.2) is 17.9 Å². The maximum Gasteiger partial charge on any atom is 0.182 e. The van der Waals surface area contributed by atoms with Gasteiger partial charge in [-0.25, -0.2) is 4.98 Å². The van der Waals surface area contributed by atoms with Crippen LogP contribution in [0.15, 0.2) is 39.5 Å². The molecular formula is C15H11NO4. The molecular weight excluding hydrogens is 258 g/mol. The normalized spacial score (nSPS) is 10.9. The van der Waals surface area contributed by atoms with E-state index in [1.807, 2.05) is 0 Å². The summed E-state index contributed by atoms with van der Waals surface area (Å²) in [6.07, 6.45) is 0. The third kappa shape index (κ3) is 1.93. The number of carbonyl (C=O) groups is 1. The van der Waals surface area contributed by atoms with Crippen molar-refractivity contribution in [3.8, 4) is 17.2 Å². The van der Waals surface area contributed by atoms with Gasteiger partial charge in [0.1, 0.15) is 17.0 Å². The van der Waals surface area contributed by atoms with E-state index in [4.69, 9.17) is 9.15 Å². The van der Waals surface area contributed by atoms with E-state index in [2.05, 4.69) is 4.98 Å². The number of Topliss-reactive ketones (excluding diaryl/α,β-unsaturated/α-hetero) is 1. The number of hydrogen-bond acceptors (Lipinski definition) is 5. The zero-order chi connectivity index (χ0) is 14.3. The minimum Gasteiger partial charge on any atom is -0.497 e. The fourth-order valence-corrected chi connectivity index (χ4v) is 2.07. The quantitative estimate of drug-likeness (QED) is 0.528. The summed E-state index contributed by atoms with van der Waals surface area (Å²) < 4.78 is 10.8. The molecule has 0 saturated heterocycles. The van der Waals surface area contributed by atoms with Crippen molar-refractivity contribution in [2.45, 2.75) is 6.92 Å². The van der Waals surface area contributed by atoms with Crippen molar-refractivity contribution >= 4 is 16.9 Å². The van der Waals surface area contributed by atoms with Crippen LogP contribution >= 0.6 is 0 Å². The van der Waals surface area contributed by atoms with Gasteiger partial charge in [-0.15, -0.1) is 0 Å². The lowest BCUT2D eigenvalue weighted by Gasteiger charge is -2.09. The smallest absolute Gasteiger partial charge is 0.182 e. The second kappa shape index (κ2) is 4.45. The first-order valence-corrected chi connectivity index (χ1v) is 6.02. The standard InChI is InChI=1S/C15H11NO4/c1-8(17)11-6-10(19-2)7-14-15(11)16-12-4-3-9(18)5-13(12)20-14/h3-7H,1-2H3. The average Bonchev–Trinajstić information content (AvgIpc) is 2.43. The second-order valence-corrected chi connectivity index (χ2v) is 4.42. The van der Waals surface area contributed by atoms with Crippen molar-refractivity contribution in [1.82, 2.24) is 4.98 Å². The maximum atomic E-state index is 11.7. The molecule has 0 fully saturated rings. The van der Waals surface area contributed by atoms with E-state index in [0.29, 0.717) is 33.9 Å². The lowest BCUT2D eigenvalue weighted by Crippen LogP contribution is -2.02. The van der Waals surface area contributed by atoms with E-state index in [9.17, 15) is 9.59 Å². The second-order valence-electron chi connectivity index (χ2n) is 4.42. The highest BCUT2D eigenvalue weighted by Gasteiger charge is 2.15. The van der Waals surface area contributed by atoms with Crippen LogP contribution in [0.5, 0.6) is 5.75 Å². The number of fused-ring (bicyclic) bond motifs is 2. The molecule has 0 bridgehead atoms. The molecule has 0 aromatic heterocycles. The van der Waals surface area contributed by atoms with E-state index >= 15 is 0 Å². The molecule has 1 aliphatic carbocycles. The van der Waals surface area contributed by atoms with E-state index in [-0.39, 0.29) is 11.2 Å². The summed E-state index contributed by atoms with van der Waals surface area (Å²) in [6, 6.07) is 7.63. The Balaban J connectivity index is 2.45. The molecule has 0 unspecified atom stereocenters. The van der Waals surface area contributed by atoms with Crippen LogP contribution in [0.3, 0.4) is 0 Å². The van der Waals surface area contributed by atoms with Crippen molar-refractivity contribution in [2.75, 3.05) is 7.11 Å². The van der Waals surface area contributed by atoms with Crippen molar-refractivity contribution in [2.24, 2.45) is 0 Å².